The zero-order valence-corrected chi connectivity index (χ0v) is 13.4. The Morgan fingerprint density at radius 2 is 1.89 bits per heavy atom. The Balaban J connectivity index is 2.19. The van der Waals surface area contributed by atoms with Crippen LogP contribution < -0.4 is 5.32 Å². The molecule has 0 spiro atoms. The van der Waals surface area contributed by atoms with Gasteiger partial charge in [0.1, 0.15) is 5.82 Å². The van der Waals surface area contributed by atoms with E-state index in [0.29, 0.717) is 0 Å². The lowest BCUT2D eigenvalue weighted by atomic mass is 9.99. The molecule has 0 amide bonds. The van der Waals surface area contributed by atoms with Crippen LogP contribution >= 0.6 is 34.2 Å². The van der Waals surface area contributed by atoms with Gasteiger partial charge in [0.2, 0.25) is 0 Å². The number of hydrogen-bond acceptors (Lipinski definition) is 1. The molecule has 1 N–H and O–H groups in total. The van der Waals surface area contributed by atoms with Gasteiger partial charge >= 0.3 is 0 Å². The quantitative estimate of drug-likeness (QED) is 0.754. The van der Waals surface area contributed by atoms with Gasteiger partial charge in [-0.05, 0) is 71.5 Å². The van der Waals surface area contributed by atoms with E-state index in [1.54, 1.807) is 0 Å². The van der Waals surface area contributed by atoms with Crippen LogP contribution in [0.5, 0.6) is 0 Å². The molecule has 19 heavy (non-hydrogen) atoms. The maximum absolute atomic E-state index is 12.9. The SMILES string of the molecule is CNC(Cc1ccc(F)cc1)c1ccc(I)c(Cl)c1. The molecule has 0 heterocycles. The molecule has 0 aliphatic carbocycles. The Morgan fingerprint density at radius 3 is 2.47 bits per heavy atom. The van der Waals surface area contributed by atoms with Crippen molar-refractivity contribution in [2.75, 3.05) is 7.05 Å². The van der Waals surface area contributed by atoms with Gasteiger partial charge in [-0.15, -0.1) is 0 Å². The summed E-state index contributed by atoms with van der Waals surface area (Å²) < 4.78 is 13.9. The van der Waals surface area contributed by atoms with E-state index in [-0.39, 0.29) is 11.9 Å². The lowest BCUT2D eigenvalue weighted by Crippen LogP contribution is -2.18. The van der Waals surface area contributed by atoms with Crippen LogP contribution in [0.2, 0.25) is 5.02 Å². The summed E-state index contributed by atoms with van der Waals surface area (Å²) in [5.41, 5.74) is 2.23. The molecule has 2 aromatic carbocycles. The molecule has 0 aliphatic heterocycles. The first-order valence-electron chi connectivity index (χ1n) is 5.97. The molecule has 1 atom stereocenters. The summed E-state index contributed by atoms with van der Waals surface area (Å²) in [5, 5.41) is 4.03. The Bertz CT molecular complexity index is 557. The topological polar surface area (TPSA) is 12.0 Å². The molecule has 0 saturated heterocycles. The van der Waals surface area contributed by atoms with Crippen LogP contribution in [0.4, 0.5) is 4.39 Å². The summed E-state index contributed by atoms with van der Waals surface area (Å²) in [5.74, 6) is -0.206. The minimum absolute atomic E-state index is 0.167. The molecule has 0 radical (unpaired) electrons. The number of halogens is 3. The Morgan fingerprint density at radius 1 is 1.21 bits per heavy atom. The molecule has 0 bridgehead atoms. The van der Waals surface area contributed by atoms with E-state index in [4.69, 9.17) is 11.6 Å². The van der Waals surface area contributed by atoms with Crippen LogP contribution in [0, 0.1) is 9.39 Å². The lowest BCUT2D eigenvalue weighted by molar-refractivity contribution is 0.589. The summed E-state index contributed by atoms with van der Waals surface area (Å²) in [6.07, 6.45) is 0.799. The minimum atomic E-state index is -0.206. The number of benzene rings is 2. The van der Waals surface area contributed by atoms with Gasteiger partial charge in [-0.2, -0.15) is 0 Å². The van der Waals surface area contributed by atoms with E-state index in [1.807, 2.05) is 31.3 Å². The van der Waals surface area contributed by atoms with Crippen molar-refractivity contribution in [2.24, 2.45) is 0 Å². The van der Waals surface area contributed by atoms with Gasteiger partial charge in [0.25, 0.3) is 0 Å². The number of likely N-dealkylation sites (N-methyl/N-ethyl adjacent to an activating group) is 1. The standard InChI is InChI=1S/C15H14ClFIN/c1-19-15(8-10-2-5-12(17)6-3-10)11-4-7-14(18)13(16)9-11/h2-7,9,15,19H,8H2,1H3. The average Bonchev–Trinajstić information content (AvgIpc) is 2.41. The second-order valence-electron chi connectivity index (χ2n) is 4.35. The fraction of sp³-hybridized carbons (Fsp3) is 0.200. The molecule has 1 unspecified atom stereocenters. The summed E-state index contributed by atoms with van der Waals surface area (Å²) in [6.45, 7) is 0. The van der Waals surface area contributed by atoms with Crippen molar-refractivity contribution < 1.29 is 4.39 Å². The second-order valence-corrected chi connectivity index (χ2v) is 5.91. The predicted molar refractivity (Wildman–Crippen MR) is 86.1 cm³/mol. The van der Waals surface area contributed by atoms with Gasteiger partial charge in [-0.3, -0.25) is 0 Å². The highest BCUT2D eigenvalue weighted by molar-refractivity contribution is 14.1. The third-order valence-electron chi connectivity index (χ3n) is 3.05. The minimum Gasteiger partial charge on any atom is -0.313 e. The molecule has 0 aromatic heterocycles. The second kappa shape index (κ2) is 6.68. The molecule has 4 heteroatoms. The summed E-state index contributed by atoms with van der Waals surface area (Å²) in [7, 11) is 1.92. The molecule has 0 aliphatic rings. The van der Waals surface area contributed by atoms with Crippen molar-refractivity contribution in [3.63, 3.8) is 0 Å². The number of rotatable bonds is 4. The molecule has 2 rings (SSSR count). The van der Waals surface area contributed by atoms with Gasteiger partial charge in [-0.1, -0.05) is 29.8 Å². The van der Waals surface area contributed by atoms with E-state index in [9.17, 15) is 4.39 Å². The molecular weight excluding hydrogens is 376 g/mol. The largest absolute Gasteiger partial charge is 0.313 e. The third kappa shape index (κ3) is 3.91. The first kappa shape index (κ1) is 14.8. The fourth-order valence-electron chi connectivity index (χ4n) is 1.97. The maximum Gasteiger partial charge on any atom is 0.123 e. The zero-order valence-electron chi connectivity index (χ0n) is 10.5. The van der Waals surface area contributed by atoms with Gasteiger partial charge < -0.3 is 5.32 Å². The highest BCUT2D eigenvalue weighted by atomic mass is 127. The van der Waals surface area contributed by atoms with Crippen LogP contribution in [0.1, 0.15) is 17.2 Å². The van der Waals surface area contributed by atoms with Gasteiger partial charge in [0.15, 0.2) is 0 Å². The Hall–Kier alpha value is -0.650. The molecule has 0 saturated carbocycles. The highest BCUT2D eigenvalue weighted by Crippen LogP contribution is 2.25. The first-order chi connectivity index (χ1) is 9.10. The van der Waals surface area contributed by atoms with E-state index in [0.717, 1.165) is 26.1 Å². The zero-order chi connectivity index (χ0) is 13.8. The average molecular weight is 390 g/mol. The summed E-state index contributed by atoms with van der Waals surface area (Å²) >= 11 is 8.36. The third-order valence-corrected chi connectivity index (χ3v) is 4.62. The summed E-state index contributed by atoms with van der Waals surface area (Å²) in [6, 6.07) is 12.8. The number of hydrogen-bond donors (Lipinski definition) is 1. The van der Waals surface area contributed by atoms with E-state index in [2.05, 4.69) is 34.0 Å². The van der Waals surface area contributed by atoms with Gasteiger partial charge in [-0.25, -0.2) is 4.39 Å². The van der Waals surface area contributed by atoms with E-state index >= 15 is 0 Å². The number of nitrogens with one attached hydrogen (secondary N) is 1. The van der Waals surface area contributed by atoms with Crippen molar-refractivity contribution in [3.8, 4) is 0 Å². The Kier molecular flexibility index (Phi) is 5.19. The van der Waals surface area contributed by atoms with E-state index in [1.165, 1.54) is 12.1 Å². The predicted octanol–water partition coefficient (Wildman–Crippen LogP) is 4.59. The Labute approximate surface area is 131 Å². The molecule has 2 aromatic rings. The van der Waals surface area contributed by atoms with Crippen LogP contribution in [0.25, 0.3) is 0 Å². The van der Waals surface area contributed by atoms with Gasteiger partial charge in [0, 0.05) is 9.61 Å². The summed E-state index contributed by atoms with van der Waals surface area (Å²) in [4.78, 5) is 0. The lowest BCUT2D eigenvalue weighted by Gasteiger charge is -2.17. The first-order valence-corrected chi connectivity index (χ1v) is 7.42. The molecule has 1 nitrogen and oxygen atoms in total. The highest BCUT2D eigenvalue weighted by Gasteiger charge is 2.11. The van der Waals surface area contributed by atoms with Crippen molar-refractivity contribution in [3.05, 3.63) is 68.0 Å². The van der Waals surface area contributed by atoms with Crippen LogP contribution in [-0.2, 0) is 6.42 Å². The molecular formula is C15H14ClFIN. The smallest absolute Gasteiger partial charge is 0.123 e. The monoisotopic (exact) mass is 389 g/mol. The maximum atomic E-state index is 12.9. The van der Waals surface area contributed by atoms with Crippen LogP contribution in [0.3, 0.4) is 0 Å². The molecule has 0 fully saturated rings. The van der Waals surface area contributed by atoms with Crippen molar-refractivity contribution >= 4 is 34.2 Å². The fourth-order valence-corrected chi connectivity index (χ4v) is 2.50. The van der Waals surface area contributed by atoms with Crippen LogP contribution in [0.15, 0.2) is 42.5 Å². The van der Waals surface area contributed by atoms with Crippen molar-refractivity contribution in [2.45, 2.75) is 12.5 Å². The van der Waals surface area contributed by atoms with Crippen molar-refractivity contribution in [1.29, 1.82) is 0 Å². The van der Waals surface area contributed by atoms with Crippen LogP contribution in [-0.4, -0.2) is 7.05 Å². The van der Waals surface area contributed by atoms with Crippen molar-refractivity contribution in [1.82, 2.24) is 5.32 Å². The van der Waals surface area contributed by atoms with Gasteiger partial charge in [0.05, 0.1) is 5.02 Å². The van der Waals surface area contributed by atoms with E-state index < -0.39 is 0 Å². The molecule has 100 valence electrons. The normalized spacial score (nSPS) is 12.4.